The van der Waals surface area contributed by atoms with Gasteiger partial charge in [-0.2, -0.15) is 0 Å². The molecule has 5 heteroatoms. The van der Waals surface area contributed by atoms with Crippen LogP contribution in [0.5, 0.6) is 0 Å². The molecule has 0 bridgehead atoms. The van der Waals surface area contributed by atoms with Crippen LogP contribution in [-0.2, 0) is 0 Å². The second-order valence-corrected chi connectivity index (χ2v) is 2.74. The van der Waals surface area contributed by atoms with Gasteiger partial charge in [-0.25, -0.2) is 0 Å². The molecule has 0 saturated carbocycles. The molecule has 1 fully saturated rings. The standard InChI is InChI=1S/C6H13NO4/c8-2-4(10)5-6(11)3(9)1-7-5/h3-11H,1-2H2/t3-,4+,5-,6-/m1/s1. The van der Waals surface area contributed by atoms with Crippen LogP contribution in [0.25, 0.3) is 0 Å². The number of aliphatic hydroxyl groups is 4. The molecule has 0 aromatic heterocycles. The lowest BCUT2D eigenvalue weighted by atomic mass is 10.1. The number of hydrogen-bond donors (Lipinski definition) is 5. The molecule has 0 amide bonds. The van der Waals surface area contributed by atoms with Crippen molar-refractivity contribution in [1.82, 2.24) is 5.32 Å². The second kappa shape index (κ2) is 3.46. The molecule has 0 spiro atoms. The number of aliphatic hydroxyl groups excluding tert-OH is 4. The van der Waals surface area contributed by atoms with Gasteiger partial charge in [-0.1, -0.05) is 0 Å². The van der Waals surface area contributed by atoms with Gasteiger partial charge in [0.2, 0.25) is 0 Å². The van der Waals surface area contributed by atoms with Crippen molar-refractivity contribution in [3.8, 4) is 0 Å². The summed E-state index contributed by atoms with van der Waals surface area (Å²) < 4.78 is 0. The van der Waals surface area contributed by atoms with Gasteiger partial charge in [0.25, 0.3) is 0 Å². The third-order valence-electron chi connectivity index (χ3n) is 1.93. The molecule has 1 rings (SSSR count). The molecule has 11 heavy (non-hydrogen) atoms. The van der Waals surface area contributed by atoms with Crippen molar-refractivity contribution in [3.63, 3.8) is 0 Å². The Kier molecular flexibility index (Phi) is 2.80. The predicted molar refractivity (Wildman–Crippen MR) is 36.9 cm³/mol. The van der Waals surface area contributed by atoms with Crippen LogP contribution < -0.4 is 5.32 Å². The van der Waals surface area contributed by atoms with E-state index < -0.39 is 31.0 Å². The maximum Gasteiger partial charge on any atom is 0.0990 e. The normalized spacial score (nSPS) is 40.9. The summed E-state index contributed by atoms with van der Waals surface area (Å²) in [5.41, 5.74) is 0. The molecule has 0 radical (unpaired) electrons. The van der Waals surface area contributed by atoms with Crippen molar-refractivity contribution >= 4 is 0 Å². The van der Waals surface area contributed by atoms with Gasteiger partial charge in [0, 0.05) is 6.54 Å². The maximum absolute atomic E-state index is 9.18. The second-order valence-electron chi connectivity index (χ2n) is 2.74. The lowest BCUT2D eigenvalue weighted by Gasteiger charge is -2.19. The first-order valence-electron chi connectivity index (χ1n) is 3.55. The Labute approximate surface area is 64.3 Å². The summed E-state index contributed by atoms with van der Waals surface area (Å²) in [6, 6.07) is -0.616. The summed E-state index contributed by atoms with van der Waals surface area (Å²) in [4.78, 5) is 0. The van der Waals surface area contributed by atoms with Gasteiger partial charge in [0.05, 0.1) is 31.0 Å². The minimum Gasteiger partial charge on any atom is -0.394 e. The topological polar surface area (TPSA) is 93.0 Å². The molecule has 0 aromatic carbocycles. The van der Waals surface area contributed by atoms with E-state index in [1.165, 1.54) is 0 Å². The Bertz CT molecular complexity index is 132. The van der Waals surface area contributed by atoms with Crippen molar-refractivity contribution in [2.24, 2.45) is 0 Å². The van der Waals surface area contributed by atoms with Gasteiger partial charge in [0.15, 0.2) is 0 Å². The molecule has 5 N–H and O–H groups in total. The van der Waals surface area contributed by atoms with Crippen molar-refractivity contribution in [3.05, 3.63) is 0 Å². The molecule has 0 aliphatic carbocycles. The van der Waals surface area contributed by atoms with Crippen LogP contribution in [0.15, 0.2) is 0 Å². The van der Waals surface area contributed by atoms with E-state index in [1.54, 1.807) is 0 Å². The fourth-order valence-corrected chi connectivity index (χ4v) is 1.21. The van der Waals surface area contributed by atoms with Gasteiger partial charge in [0.1, 0.15) is 0 Å². The fraction of sp³-hybridized carbons (Fsp3) is 1.00. The quantitative estimate of drug-likeness (QED) is 0.300. The van der Waals surface area contributed by atoms with Gasteiger partial charge in [-0.05, 0) is 0 Å². The van der Waals surface area contributed by atoms with Gasteiger partial charge >= 0.3 is 0 Å². The average Bonchev–Trinajstić information content (AvgIpc) is 2.32. The van der Waals surface area contributed by atoms with Gasteiger partial charge in [-0.3, -0.25) is 0 Å². The minimum atomic E-state index is -1.01. The van der Waals surface area contributed by atoms with E-state index in [1.807, 2.05) is 0 Å². The van der Waals surface area contributed by atoms with Crippen LogP contribution in [-0.4, -0.2) is 57.9 Å². The van der Waals surface area contributed by atoms with Crippen LogP contribution in [0.1, 0.15) is 0 Å². The Hall–Kier alpha value is -0.200. The Balaban J connectivity index is 2.47. The number of hydrogen-bond acceptors (Lipinski definition) is 5. The third-order valence-corrected chi connectivity index (χ3v) is 1.93. The van der Waals surface area contributed by atoms with E-state index in [0.29, 0.717) is 0 Å². The van der Waals surface area contributed by atoms with E-state index in [0.717, 1.165) is 0 Å². The molecule has 4 atom stereocenters. The zero-order valence-electron chi connectivity index (χ0n) is 6.01. The molecular weight excluding hydrogens is 150 g/mol. The lowest BCUT2D eigenvalue weighted by Crippen LogP contribution is -2.44. The highest BCUT2D eigenvalue weighted by Gasteiger charge is 2.36. The fourth-order valence-electron chi connectivity index (χ4n) is 1.21. The van der Waals surface area contributed by atoms with Crippen molar-refractivity contribution in [1.29, 1.82) is 0 Å². The van der Waals surface area contributed by atoms with Crippen LogP contribution in [0.4, 0.5) is 0 Å². The van der Waals surface area contributed by atoms with Crippen LogP contribution in [0.2, 0.25) is 0 Å². The Morgan fingerprint density at radius 1 is 1.45 bits per heavy atom. The summed E-state index contributed by atoms with van der Waals surface area (Å²) in [6.07, 6.45) is -2.85. The van der Waals surface area contributed by atoms with Crippen molar-refractivity contribution in [2.45, 2.75) is 24.4 Å². The SMILES string of the molecule is OC[C@H](O)[C@H]1NC[C@@H](O)[C@H]1O. The summed E-state index contributed by atoms with van der Waals surface area (Å²) in [7, 11) is 0. The Morgan fingerprint density at radius 2 is 2.09 bits per heavy atom. The summed E-state index contributed by atoms with van der Waals surface area (Å²) in [5, 5.41) is 38.5. The molecule has 1 aliphatic rings. The highest BCUT2D eigenvalue weighted by molar-refractivity contribution is 4.94. The highest BCUT2D eigenvalue weighted by Crippen LogP contribution is 2.10. The number of rotatable bonds is 2. The molecule has 0 aromatic rings. The van der Waals surface area contributed by atoms with Crippen molar-refractivity contribution in [2.75, 3.05) is 13.2 Å². The zero-order valence-corrected chi connectivity index (χ0v) is 6.01. The molecule has 1 aliphatic heterocycles. The molecule has 1 saturated heterocycles. The first kappa shape index (κ1) is 8.89. The zero-order chi connectivity index (χ0) is 8.43. The van der Waals surface area contributed by atoms with Crippen LogP contribution in [0.3, 0.4) is 0 Å². The van der Waals surface area contributed by atoms with Crippen molar-refractivity contribution < 1.29 is 20.4 Å². The van der Waals surface area contributed by atoms with E-state index in [2.05, 4.69) is 5.32 Å². The maximum atomic E-state index is 9.18. The summed E-state index contributed by atoms with van der Waals surface area (Å²) in [6.45, 7) is -0.162. The average molecular weight is 163 g/mol. The van der Waals surface area contributed by atoms with Crippen LogP contribution in [0, 0.1) is 0 Å². The van der Waals surface area contributed by atoms with Gasteiger partial charge in [-0.15, -0.1) is 0 Å². The molecule has 66 valence electrons. The highest BCUT2D eigenvalue weighted by atomic mass is 16.3. The molecular formula is C6H13NO4. The van der Waals surface area contributed by atoms with E-state index in [4.69, 9.17) is 15.3 Å². The van der Waals surface area contributed by atoms with E-state index >= 15 is 0 Å². The smallest absolute Gasteiger partial charge is 0.0990 e. The number of nitrogens with one attached hydrogen (secondary N) is 1. The number of β-amino-alcohol motifs (C(OH)–C–C–N with tert-alkyl or cyclic N) is 1. The van der Waals surface area contributed by atoms with Gasteiger partial charge < -0.3 is 25.7 Å². The minimum absolute atomic E-state index is 0.253. The predicted octanol–water partition coefficient (Wildman–Crippen LogP) is -2.97. The molecule has 0 unspecified atom stereocenters. The van der Waals surface area contributed by atoms with Crippen LogP contribution >= 0.6 is 0 Å². The first-order chi connectivity index (χ1) is 5.16. The monoisotopic (exact) mass is 163 g/mol. The lowest BCUT2D eigenvalue weighted by molar-refractivity contribution is -0.00977. The molecule has 1 heterocycles. The molecule has 5 nitrogen and oxygen atoms in total. The van der Waals surface area contributed by atoms with E-state index in [9.17, 15) is 5.11 Å². The van der Waals surface area contributed by atoms with E-state index in [-0.39, 0.29) is 6.54 Å². The largest absolute Gasteiger partial charge is 0.394 e. The summed E-state index contributed by atoms with van der Waals surface area (Å²) >= 11 is 0. The summed E-state index contributed by atoms with van der Waals surface area (Å²) in [5.74, 6) is 0. The third kappa shape index (κ3) is 1.69. The first-order valence-corrected chi connectivity index (χ1v) is 3.55. The Morgan fingerprint density at radius 3 is 2.45 bits per heavy atom.